The molecule has 0 unspecified atom stereocenters. The smallest absolute Gasteiger partial charge is 0.257 e. The van der Waals surface area contributed by atoms with E-state index in [1.54, 1.807) is 18.2 Å². The molecule has 154 valence electrons. The van der Waals surface area contributed by atoms with Crippen molar-refractivity contribution in [1.29, 1.82) is 0 Å². The van der Waals surface area contributed by atoms with Gasteiger partial charge in [-0.25, -0.2) is 0 Å². The average Bonchev–Trinajstić information content (AvgIpc) is 2.76. The maximum atomic E-state index is 12.5. The fourth-order valence-electron chi connectivity index (χ4n) is 3.48. The van der Waals surface area contributed by atoms with E-state index in [2.05, 4.69) is 43.3 Å². The first-order valence-corrected chi connectivity index (χ1v) is 11.1. The van der Waals surface area contributed by atoms with Crippen LogP contribution in [-0.4, -0.2) is 29.2 Å². The third-order valence-corrected chi connectivity index (χ3v) is 6.19. The van der Waals surface area contributed by atoms with Crippen molar-refractivity contribution >= 4 is 44.9 Å². The minimum absolute atomic E-state index is 0.256. The SMILES string of the molecule is CC1CCN(c2ccc(-c3ccc(NC(=O)c4cc(Br)ccc4Cl)cc3)nn2)CC1. The standard InChI is InChI=1S/C23H22BrClN4O/c1-15-10-12-29(13-11-15)22-9-8-21(27-28-22)16-2-5-18(6-3-16)26-23(30)19-14-17(24)4-7-20(19)25/h2-9,14-15H,10-13H2,1H3,(H,26,30). The first-order valence-electron chi connectivity index (χ1n) is 9.95. The number of nitrogens with zero attached hydrogens (tertiary/aromatic N) is 3. The molecular weight excluding hydrogens is 464 g/mol. The predicted molar refractivity (Wildman–Crippen MR) is 125 cm³/mol. The summed E-state index contributed by atoms with van der Waals surface area (Å²) in [6.07, 6.45) is 2.39. The van der Waals surface area contributed by atoms with Crippen molar-refractivity contribution in [2.75, 3.05) is 23.3 Å². The van der Waals surface area contributed by atoms with Gasteiger partial charge in [0.25, 0.3) is 5.91 Å². The van der Waals surface area contributed by atoms with Gasteiger partial charge in [-0.3, -0.25) is 4.79 Å². The molecule has 0 aliphatic carbocycles. The molecule has 1 N–H and O–H groups in total. The summed E-state index contributed by atoms with van der Waals surface area (Å²) in [6.45, 7) is 4.36. The summed E-state index contributed by atoms with van der Waals surface area (Å²) in [7, 11) is 0. The van der Waals surface area contributed by atoms with E-state index in [1.165, 1.54) is 12.8 Å². The van der Waals surface area contributed by atoms with E-state index in [1.807, 2.05) is 36.4 Å². The summed E-state index contributed by atoms with van der Waals surface area (Å²) < 4.78 is 0.800. The number of hydrogen-bond acceptors (Lipinski definition) is 4. The molecule has 7 heteroatoms. The lowest BCUT2D eigenvalue weighted by atomic mass is 9.99. The van der Waals surface area contributed by atoms with Gasteiger partial charge in [0, 0.05) is 28.8 Å². The van der Waals surface area contributed by atoms with E-state index in [4.69, 9.17) is 11.6 Å². The largest absolute Gasteiger partial charge is 0.355 e. The topological polar surface area (TPSA) is 58.1 Å². The summed E-state index contributed by atoms with van der Waals surface area (Å²) in [5.41, 5.74) is 2.85. The zero-order valence-electron chi connectivity index (χ0n) is 16.6. The zero-order valence-corrected chi connectivity index (χ0v) is 18.9. The summed E-state index contributed by atoms with van der Waals surface area (Å²) in [6, 6.07) is 16.8. The summed E-state index contributed by atoms with van der Waals surface area (Å²) in [5.74, 6) is 1.46. The van der Waals surface area contributed by atoms with Gasteiger partial charge in [0.05, 0.1) is 16.3 Å². The molecule has 3 aromatic rings. The summed E-state index contributed by atoms with van der Waals surface area (Å²) in [4.78, 5) is 14.8. The summed E-state index contributed by atoms with van der Waals surface area (Å²) in [5, 5.41) is 12.1. The van der Waals surface area contributed by atoms with Crippen molar-refractivity contribution in [3.8, 4) is 11.3 Å². The minimum Gasteiger partial charge on any atom is -0.355 e. The maximum absolute atomic E-state index is 12.5. The number of hydrogen-bond donors (Lipinski definition) is 1. The van der Waals surface area contributed by atoms with Gasteiger partial charge < -0.3 is 10.2 Å². The number of nitrogens with one attached hydrogen (secondary N) is 1. The Balaban J connectivity index is 1.43. The van der Waals surface area contributed by atoms with Gasteiger partial charge in [0.2, 0.25) is 0 Å². The minimum atomic E-state index is -0.256. The van der Waals surface area contributed by atoms with Crippen LogP contribution in [0, 0.1) is 5.92 Å². The quantitative estimate of drug-likeness (QED) is 0.489. The number of benzene rings is 2. The molecule has 30 heavy (non-hydrogen) atoms. The first-order chi connectivity index (χ1) is 14.5. The number of amides is 1. The van der Waals surface area contributed by atoms with Crippen LogP contribution in [0.1, 0.15) is 30.1 Å². The summed E-state index contributed by atoms with van der Waals surface area (Å²) >= 11 is 9.50. The van der Waals surface area contributed by atoms with E-state index in [0.717, 1.165) is 40.6 Å². The highest BCUT2D eigenvalue weighted by Gasteiger charge is 2.17. The molecule has 1 aliphatic heterocycles. The number of piperidine rings is 1. The average molecular weight is 486 g/mol. The van der Waals surface area contributed by atoms with Crippen molar-refractivity contribution in [1.82, 2.24) is 10.2 Å². The van der Waals surface area contributed by atoms with Gasteiger partial charge in [-0.1, -0.05) is 46.6 Å². The fourth-order valence-corrected chi connectivity index (χ4v) is 4.04. The Morgan fingerprint density at radius 3 is 2.47 bits per heavy atom. The van der Waals surface area contributed by atoms with Gasteiger partial charge in [-0.15, -0.1) is 10.2 Å². The van der Waals surface area contributed by atoms with Crippen LogP contribution in [0.5, 0.6) is 0 Å². The molecule has 0 radical (unpaired) electrons. The predicted octanol–water partition coefficient (Wildman–Crippen LogP) is 6.05. The van der Waals surface area contributed by atoms with E-state index in [-0.39, 0.29) is 5.91 Å². The Bertz CT molecular complexity index is 1030. The molecule has 1 saturated heterocycles. The highest BCUT2D eigenvalue weighted by Crippen LogP contribution is 2.25. The molecular formula is C23H22BrClN4O. The first kappa shape index (κ1) is 20.8. The van der Waals surface area contributed by atoms with Crippen molar-refractivity contribution < 1.29 is 4.79 Å². The molecule has 1 amide bonds. The Labute approximate surface area is 189 Å². The molecule has 2 aromatic carbocycles. The van der Waals surface area contributed by atoms with Crippen LogP contribution in [0.3, 0.4) is 0 Å². The van der Waals surface area contributed by atoms with Gasteiger partial charge in [0.1, 0.15) is 0 Å². The Morgan fingerprint density at radius 2 is 1.80 bits per heavy atom. The van der Waals surface area contributed by atoms with E-state index in [0.29, 0.717) is 16.3 Å². The van der Waals surface area contributed by atoms with E-state index >= 15 is 0 Å². The molecule has 0 saturated carbocycles. The van der Waals surface area contributed by atoms with Crippen LogP contribution < -0.4 is 10.2 Å². The lowest BCUT2D eigenvalue weighted by molar-refractivity contribution is 0.102. The third-order valence-electron chi connectivity index (χ3n) is 5.37. The molecule has 1 aromatic heterocycles. The molecule has 5 nitrogen and oxygen atoms in total. The molecule has 4 rings (SSSR count). The van der Waals surface area contributed by atoms with Crippen LogP contribution in [0.25, 0.3) is 11.3 Å². The maximum Gasteiger partial charge on any atom is 0.257 e. The van der Waals surface area contributed by atoms with Crippen molar-refractivity contribution in [2.24, 2.45) is 5.92 Å². The normalized spacial score (nSPS) is 14.6. The Morgan fingerprint density at radius 1 is 1.07 bits per heavy atom. The molecule has 1 fully saturated rings. The fraction of sp³-hybridized carbons (Fsp3) is 0.261. The van der Waals surface area contributed by atoms with Gasteiger partial charge >= 0.3 is 0 Å². The van der Waals surface area contributed by atoms with Gasteiger partial charge in [-0.2, -0.15) is 0 Å². The van der Waals surface area contributed by atoms with Gasteiger partial charge in [0.15, 0.2) is 5.82 Å². The van der Waals surface area contributed by atoms with E-state index in [9.17, 15) is 4.79 Å². The van der Waals surface area contributed by atoms with Crippen LogP contribution >= 0.6 is 27.5 Å². The zero-order chi connectivity index (χ0) is 21.1. The number of carbonyl (C=O) groups excluding carboxylic acids is 1. The van der Waals surface area contributed by atoms with Crippen LogP contribution in [0.15, 0.2) is 59.1 Å². The lowest BCUT2D eigenvalue weighted by Crippen LogP contribution is -2.33. The number of anilines is 2. The lowest BCUT2D eigenvalue weighted by Gasteiger charge is -2.30. The second kappa shape index (κ2) is 9.14. The monoisotopic (exact) mass is 484 g/mol. The number of rotatable bonds is 4. The molecule has 0 spiro atoms. The molecule has 1 aliphatic rings. The van der Waals surface area contributed by atoms with Crippen molar-refractivity contribution in [3.05, 3.63) is 69.7 Å². The van der Waals surface area contributed by atoms with E-state index < -0.39 is 0 Å². The Kier molecular flexibility index (Phi) is 6.35. The molecule has 2 heterocycles. The highest BCUT2D eigenvalue weighted by molar-refractivity contribution is 9.10. The van der Waals surface area contributed by atoms with Crippen LogP contribution in [0.2, 0.25) is 5.02 Å². The van der Waals surface area contributed by atoms with Crippen LogP contribution in [0.4, 0.5) is 11.5 Å². The Hall–Kier alpha value is -2.44. The van der Waals surface area contributed by atoms with Crippen LogP contribution in [-0.2, 0) is 0 Å². The number of halogens is 2. The highest BCUT2D eigenvalue weighted by atomic mass is 79.9. The second-order valence-corrected chi connectivity index (χ2v) is 8.92. The number of carbonyl (C=O) groups is 1. The second-order valence-electron chi connectivity index (χ2n) is 7.60. The van der Waals surface area contributed by atoms with Gasteiger partial charge in [-0.05, 0) is 61.2 Å². The van der Waals surface area contributed by atoms with Crippen molar-refractivity contribution in [3.63, 3.8) is 0 Å². The molecule has 0 atom stereocenters. The van der Waals surface area contributed by atoms with Crippen molar-refractivity contribution in [2.45, 2.75) is 19.8 Å². The molecule has 0 bridgehead atoms. The number of aromatic nitrogens is 2. The third kappa shape index (κ3) is 4.82.